The molecule has 2 aliphatic carbocycles. The summed E-state index contributed by atoms with van der Waals surface area (Å²) >= 11 is 2.31. The quantitative estimate of drug-likeness (QED) is 0.659. The van der Waals surface area contributed by atoms with Crippen LogP contribution in [-0.2, 0) is 0 Å². The molecule has 0 aliphatic heterocycles. The van der Waals surface area contributed by atoms with E-state index in [2.05, 4.69) is 25.6 Å². The maximum absolute atomic E-state index is 2.42. The van der Waals surface area contributed by atoms with Crippen molar-refractivity contribution in [3.8, 4) is 0 Å². The zero-order chi connectivity index (χ0) is 11.4. The fourth-order valence-corrected chi connectivity index (χ4v) is 4.65. The number of thioether (sulfide) groups is 1. The van der Waals surface area contributed by atoms with Crippen LogP contribution in [0.1, 0.15) is 65.2 Å². The van der Waals surface area contributed by atoms with E-state index in [-0.39, 0.29) is 0 Å². The molecule has 2 aliphatic rings. The lowest BCUT2D eigenvalue weighted by Gasteiger charge is -2.29. The fourth-order valence-electron chi connectivity index (χ4n) is 3.16. The van der Waals surface area contributed by atoms with Gasteiger partial charge in [-0.1, -0.05) is 26.7 Å². The molecule has 0 unspecified atom stereocenters. The van der Waals surface area contributed by atoms with Crippen molar-refractivity contribution < 1.29 is 0 Å². The highest BCUT2D eigenvalue weighted by Gasteiger charge is 2.22. The minimum atomic E-state index is 1.01. The molecular weight excluding hydrogens is 212 g/mol. The molecule has 16 heavy (non-hydrogen) atoms. The van der Waals surface area contributed by atoms with Crippen LogP contribution in [0.5, 0.6) is 0 Å². The second-order valence-electron chi connectivity index (χ2n) is 6.34. The molecule has 0 saturated heterocycles. The van der Waals surface area contributed by atoms with Gasteiger partial charge in [0.1, 0.15) is 0 Å². The van der Waals surface area contributed by atoms with Gasteiger partial charge >= 0.3 is 0 Å². The summed E-state index contributed by atoms with van der Waals surface area (Å²) in [5.41, 5.74) is 0. The lowest BCUT2D eigenvalue weighted by Crippen LogP contribution is -2.18. The first kappa shape index (κ1) is 12.8. The number of rotatable bonds is 3. The predicted octanol–water partition coefficient (Wildman–Crippen LogP) is 5.12. The lowest BCUT2D eigenvalue weighted by atomic mass is 9.84. The van der Waals surface area contributed by atoms with Crippen molar-refractivity contribution in [2.24, 2.45) is 17.8 Å². The van der Waals surface area contributed by atoms with Gasteiger partial charge in [-0.15, -0.1) is 0 Å². The van der Waals surface area contributed by atoms with Crippen LogP contribution in [0.15, 0.2) is 0 Å². The van der Waals surface area contributed by atoms with E-state index in [1.165, 1.54) is 57.1 Å². The molecule has 2 rings (SSSR count). The molecule has 0 amide bonds. The highest BCUT2D eigenvalue weighted by atomic mass is 32.2. The van der Waals surface area contributed by atoms with Gasteiger partial charge in [0.05, 0.1) is 0 Å². The molecule has 94 valence electrons. The first-order valence-electron chi connectivity index (χ1n) is 7.35. The normalized spacial score (nSPS) is 40.9. The van der Waals surface area contributed by atoms with E-state index < -0.39 is 0 Å². The van der Waals surface area contributed by atoms with E-state index >= 15 is 0 Å². The summed E-state index contributed by atoms with van der Waals surface area (Å²) < 4.78 is 0. The van der Waals surface area contributed by atoms with Crippen LogP contribution in [0, 0.1) is 17.8 Å². The maximum atomic E-state index is 2.42. The fraction of sp³-hybridized carbons (Fsp3) is 1.00. The summed E-state index contributed by atoms with van der Waals surface area (Å²) in [6.45, 7) is 4.84. The van der Waals surface area contributed by atoms with E-state index in [0.717, 1.165) is 23.0 Å². The van der Waals surface area contributed by atoms with E-state index in [1.807, 2.05) is 0 Å². The molecule has 2 saturated carbocycles. The van der Waals surface area contributed by atoms with Crippen molar-refractivity contribution in [1.82, 2.24) is 0 Å². The van der Waals surface area contributed by atoms with Crippen LogP contribution in [0.25, 0.3) is 0 Å². The average molecular weight is 240 g/mol. The summed E-state index contributed by atoms with van der Waals surface area (Å²) in [5.74, 6) is 4.54. The average Bonchev–Trinajstić information content (AvgIpc) is 2.30. The molecule has 0 spiro atoms. The second-order valence-corrected chi connectivity index (χ2v) is 7.67. The Labute approximate surface area is 106 Å². The minimum absolute atomic E-state index is 1.01. The molecular formula is C15H28S. The second kappa shape index (κ2) is 6.33. The van der Waals surface area contributed by atoms with E-state index in [4.69, 9.17) is 0 Å². The molecule has 0 nitrogen and oxygen atoms in total. The van der Waals surface area contributed by atoms with Gasteiger partial charge in [0.15, 0.2) is 0 Å². The molecule has 0 atom stereocenters. The van der Waals surface area contributed by atoms with Crippen molar-refractivity contribution in [3.63, 3.8) is 0 Å². The molecule has 2 fully saturated rings. The van der Waals surface area contributed by atoms with Crippen molar-refractivity contribution >= 4 is 11.8 Å². The topological polar surface area (TPSA) is 0 Å². The highest BCUT2D eigenvalue weighted by molar-refractivity contribution is 7.99. The number of hydrogen-bond donors (Lipinski definition) is 0. The van der Waals surface area contributed by atoms with Crippen molar-refractivity contribution in [2.45, 2.75) is 70.5 Å². The van der Waals surface area contributed by atoms with Crippen LogP contribution in [-0.4, -0.2) is 11.0 Å². The van der Waals surface area contributed by atoms with Crippen molar-refractivity contribution in [3.05, 3.63) is 0 Å². The third kappa shape index (κ3) is 3.98. The molecule has 0 N–H and O–H groups in total. The smallest absolute Gasteiger partial charge is 0.00473 e. The largest absolute Gasteiger partial charge is 0.158 e. The van der Waals surface area contributed by atoms with Gasteiger partial charge in [-0.05, 0) is 62.0 Å². The van der Waals surface area contributed by atoms with Gasteiger partial charge in [0.2, 0.25) is 0 Å². The predicted molar refractivity (Wildman–Crippen MR) is 75.0 cm³/mol. The molecule has 0 bridgehead atoms. The Morgan fingerprint density at radius 1 is 0.750 bits per heavy atom. The number of hydrogen-bond acceptors (Lipinski definition) is 1. The first-order valence-corrected chi connectivity index (χ1v) is 8.40. The standard InChI is InChI=1S/C15H28S/c1-12-3-7-14(8-4-12)11-16-15-9-5-13(2)6-10-15/h12-15H,3-11H2,1-2H3. The van der Waals surface area contributed by atoms with Crippen molar-refractivity contribution in [1.29, 1.82) is 0 Å². The van der Waals surface area contributed by atoms with Gasteiger partial charge in [-0.2, -0.15) is 11.8 Å². The summed E-state index contributed by atoms with van der Waals surface area (Å²) in [6.07, 6.45) is 12.0. The van der Waals surface area contributed by atoms with Crippen LogP contribution in [0.4, 0.5) is 0 Å². The van der Waals surface area contributed by atoms with Gasteiger partial charge < -0.3 is 0 Å². The zero-order valence-corrected chi connectivity index (χ0v) is 11.9. The Balaban J connectivity index is 1.60. The Kier molecular flexibility index (Phi) is 5.06. The maximum Gasteiger partial charge on any atom is 0.00473 e. The van der Waals surface area contributed by atoms with Crippen LogP contribution in [0.2, 0.25) is 0 Å². The Hall–Kier alpha value is 0.350. The van der Waals surface area contributed by atoms with Crippen LogP contribution in [0.3, 0.4) is 0 Å². The SMILES string of the molecule is CC1CCC(CSC2CCC(C)CC2)CC1. The first-order chi connectivity index (χ1) is 7.74. The zero-order valence-electron chi connectivity index (χ0n) is 11.1. The third-order valence-electron chi connectivity index (χ3n) is 4.67. The summed E-state index contributed by atoms with van der Waals surface area (Å²) in [4.78, 5) is 0. The van der Waals surface area contributed by atoms with Crippen molar-refractivity contribution in [2.75, 3.05) is 5.75 Å². The van der Waals surface area contributed by atoms with E-state index in [1.54, 1.807) is 0 Å². The molecule has 0 heterocycles. The van der Waals surface area contributed by atoms with Crippen LogP contribution >= 0.6 is 11.8 Å². The Morgan fingerprint density at radius 2 is 1.25 bits per heavy atom. The molecule has 1 heteroatoms. The van der Waals surface area contributed by atoms with E-state index in [9.17, 15) is 0 Å². The summed E-state index contributed by atoms with van der Waals surface area (Å²) in [6, 6.07) is 0. The monoisotopic (exact) mass is 240 g/mol. The lowest BCUT2D eigenvalue weighted by molar-refractivity contribution is 0.311. The van der Waals surface area contributed by atoms with Crippen LogP contribution < -0.4 is 0 Å². The van der Waals surface area contributed by atoms with Gasteiger partial charge in [-0.3, -0.25) is 0 Å². The summed E-state index contributed by atoms with van der Waals surface area (Å²) in [7, 11) is 0. The Bertz CT molecular complexity index is 164. The highest BCUT2D eigenvalue weighted by Crippen LogP contribution is 2.36. The summed E-state index contributed by atoms with van der Waals surface area (Å²) in [5, 5.41) is 1.01. The Morgan fingerprint density at radius 3 is 1.81 bits per heavy atom. The van der Waals surface area contributed by atoms with Gasteiger partial charge in [0, 0.05) is 5.25 Å². The third-order valence-corrected chi connectivity index (χ3v) is 6.27. The van der Waals surface area contributed by atoms with E-state index in [0.29, 0.717) is 0 Å². The van der Waals surface area contributed by atoms with Gasteiger partial charge in [0.25, 0.3) is 0 Å². The molecule has 0 aromatic heterocycles. The molecule has 0 radical (unpaired) electrons. The molecule has 0 aromatic rings. The minimum Gasteiger partial charge on any atom is -0.158 e. The molecule has 0 aromatic carbocycles. The van der Waals surface area contributed by atoms with Gasteiger partial charge in [-0.25, -0.2) is 0 Å².